The lowest BCUT2D eigenvalue weighted by Crippen LogP contribution is -2.07. The molecule has 0 radical (unpaired) electrons. The number of amides is 1. The molecule has 0 heterocycles. The fourth-order valence-electron chi connectivity index (χ4n) is 1.91. The van der Waals surface area contributed by atoms with Gasteiger partial charge < -0.3 is 15.2 Å². The average Bonchev–Trinajstić information content (AvgIpc) is 2.42. The van der Waals surface area contributed by atoms with Gasteiger partial charge in [0.05, 0.1) is 11.8 Å². The monoisotopic (exact) mass is 289 g/mol. The molecular formula is C16H16FNO3. The third-order valence-electron chi connectivity index (χ3n) is 2.84. The first kappa shape index (κ1) is 15.0. The smallest absolute Gasteiger partial charge is 0.221 e. The molecule has 0 bridgehead atoms. The van der Waals surface area contributed by atoms with Crippen molar-refractivity contribution < 1.29 is 19.0 Å². The summed E-state index contributed by atoms with van der Waals surface area (Å²) in [5.41, 5.74) is 0.846. The highest BCUT2D eigenvalue weighted by Crippen LogP contribution is 2.34. The van der Waals surface area contributed by atoms with Crippen LogP contribution in [0.5, 0.6) is 11.5 Å². The molecule has 1 unspecified atom stereocenters. The molecule has 2 aromatic rings. The lowest BCUT2D eigenvalue weighted by Gasteiger charge is -2.15. The summed E-state index contributed by atoms with van der Waals surface area (Å²) in [5.74, 6) is 0.0831. The summed E-state index contributed by atoms with van der Waals surface area (Å²) in [6, 6.07) is 10.8. The molecule has 0 spiro atoms. The summed E-state index contributed by atoms with van der Waals surface area (Å²) in [5, 5.41) is 12.4. The second-order valence-corrected chi connectivity index (χ2v) is 4.64. The lowest BCUT2D eigenvalue weighted by atomic mass is 10.1. The minimum absolute atomic E-state index is 0.221. The quantitative estimate of drug-likeness (QED) is 0.903. The normalized spacial score (nSPS) is 11.8. The molecule has 0 aliphatic heterocycles. The molecule has 0 fully saturated rings. The third-order valence-corrected chi connectivity index (χ3v) is 2.84. The van der Waals surface area contributed by atoms with Gasteiger partial charge in [0.2, 0.25) is 5.91 Å². The van der Waals surface area contributed by atoms with Gasteiger partial charge in [-0.3, -0.25) is 4.79 Å². The molecule has 0 saturated heterocycles. The maximum absolute atomic E-state index is 13.3. The zero-order valence-electron chi connectivity index (χ0n) is 11.8. The van der Waals surface area contributed by atoms with Gasteiger partial charge in [-0.05, 0) is 37.3 Å². The van der Waals surface area contributed by atoms with Crippen molar-refractivity contribution in [3.05, 3.63) is 53.8 Å². The number of rotatable bonds is 4. The largest absolute Gasteiger partial charge is 0.455 e. The molecule has 0 aliphatic carbocycles. The number of hydrogen-bond acceptors (Lipinski definition) is 3. The maximum Gasteiger partial charge on any atom is 0.221 e. The SMILES string of the molecule is CC(=O)Nc1ccccc1Oc1ccc(F)cc1C(C)O. The summed E-state index contributed by atoms with van der Waals surface area (Å²) in [6.07, 6.45) is -0.872. The Kier molecular flexibility index (Phi) is 4.55. The number of aliphatic hydroxyl groups is 1. The average molecular weight is 289 g/mol. The standard InChI is InChI=1S/C16H16FNO3/c1-10(19)13-9-12(17)7-8-15(13)21-16-6-4-3-5-14(16)18-11(2)20/h3-10,19H,1-2H3,(H,18,20). The van der Waals surface area contributed by atoms with Crippen molar-refractivity contribution in [3.63, 3.8) is 0 Å². The van der Waals surface area contributed by atoms with Crippen molar-refractivity contribution in [2.75, 3.05) is 5.32 Å². The fraction of sp³-hybridized carbons (Fsp3) is 0.188. The number of anilines is 1. The number of hydrogen-bond donors (Lipinski definition) is 2. The second kappa shape index (κ2) is 6.37. The molecule has 1 amide bonds. The van der Waals surface area contributed by atoms with Gasteiger partial charge in [-0.2, -0.15) is 0 Å². The molecule has 4 nitrogen and oxygen atoms in total. The van der Waals surface area contributed by atoms with E-state index in [1.165, 1.54) is 32.0 Å². The third kappa shape index (κ3) is 3.79. The summed E-state index contributed by atoms with van der Waals surface area (Å²) >= 11 is 0. The van der Waals surface area contributed by atoms with E-state index in [0.717, 1.165) is 0 Å². The van der Waals surface area contributed by atoms with Crippen LogP contribution in [0.25, 0.3) is 0 Å². The minimum Gasteiger partial charge on any atom is -0.455 e. The highest BCUT2D eigenvalue weighted by Gasteiger charge is 2.13. The number of benzene rings is 2. The summed E-state index contributed by atoms with van der Waals surface area (Å²) in [4.78, 5) is 11.2. The molecule has 110 valence electrons. The van der Waals surface area contributed by atoms with Crippen LogP contribution in [0.1, 0.15) is 25.5 Å². The number of halogens is 1. The van der Waals surface area contributed by atoms with Crippen LogP contribution in [0.15, 0.2) is 42.5 Å². The Morgan fingerprint density at radius 3 is 2.62 bits per heavy atom. The highest BCUT2D eigenvalue weighted by molar-refractivity contribution is 5.90. The van der Waals surface area contributed by atoms with E-state index in [2.05, 4.69) is 5.32 Å². The van der Waals surface area contributed by atoms with Crippen molar-refractivity contribution in [2.24, 2.45) is 0 Å². The zero-order valence-corrected chi connectivity index (χ0v) is 11.8. The maximum atomic E-state index is 13.3. The molecule has 0 aromatic heterocycles. The first-order chi connectivity index (χ1) is 9.97. The Balaban J connectivity index is 2.36. The van der Waals surface area contributed by atoms with Crippen molar-refractivity contribution in [3.8, 4) is 11.5 Å². The molecule has 2 N–H and O–H groups in total. The van der Waals surface area contributed by atoms with Gasteiger partial charge >= 0.3 is 0 Å². The van der Waals surface area contributed by atoms with Crippen LogP contribution in [-0.4, -0.2) is 11.0 Å². The summed E-state index contributed by atoms with van der Waals surface area (Å²) in [6.45, 7) is 2.93. The summed E-state index contributed by atoms with van der Waals surface area (Å²) in [7, 11) is 0. The van der Waals surface area contributed by atoms with Gasteiger partial charge in [-0.25, -0.2) is 4.39 Å². The van der Waals surface area contributed by atoms with Crippen molar-refractivity contribution in [1.29, 1.82) is 0 Å². The number of aliphatic hydroxyl groups excluding tert-OH is 1. The zero-order chi connectivity index (χ0) is 15.4. The van der Waals surface area contributed by atoms with Gasteiger partial charge in [-0.15, -0.1) is 0 Å². The Hall–Kier alpha value is -2.40. The van der Waals surface area contributed by atoms with Crippen LogP contribution in [-0.2, 0) is 4.79 Å². The minimum atomic E-state index is -0.872. The predicted molar refractivity (Wildman–Crippen MR) is 77.9 cm³/mol. The van der Waals surface area contributed by atoms with E-state index < -0.39 is 11.9 Å². The van der Waals surface area contributed by atoms with E-state index in [9.17, 15) is 14.3 Å². The van der Waals surface area contributed by atoms with Crippen molar-refractivity contribution in [2.45, 2.75) is 20.0 Å². The number of ether oxygens (including phenoxy) is 1. The Labute approximate surface area is 122 Å². The van der Waals surface area contributed by atoms with Gasteiger partial charge in [-0.1, -0.05) is 12.1 Å². The number of carbonyl (C=O) groups excluding carboxylic acids is 1. The molecule has 2 aromatic carbocycles. The Bertz CT molecular complexity index is 656. The topological polar surface area (TPSA) is 58.6 Å². The van der Waals surface area contributed by atoms with Crippen LogP contribution >= 0.6 is 0 Å². The van der Waals surface area contributed by atoms with Crippen LogP contribution in [0.2, 0.25) is 0 Å². The van der Waals surface area contributed by atoms with E-state index in [-0.39, 0.29) is 5.91 Å². The van der Waals surface area contributed by atoms with E-state index in [1.54, 1.807) is 24.3 Å². The molecule has 1 atom stereocenters. The molecular weight excluding hydrogens is 273 g/mol. The van der Waals surface area contributed by atoms with E-state index in [0.29, 0.717) is 22.7 Å². The molecule has 2 rings (SSSR count). The van der Waals surface area contributed by atoms with Gasteiger partial charge in [0.1, 0.15) is 11.6 Å². The fourth-order valence-corrected chi connectivity index (χ4v) is 1.91. The molecule has 0 aliphatic rings. The van der Waals surface area contributed by atoms with E-state index in [4.69, 9.17) is 4.74 Å². The number of carbonyl (C=O) groups is 1. The predicted octanol–water partition coefficient (Wildman–Crippen LogP) is 3.63. The Morgan fingerprint density at radius 2 is 1.95 bits per heavy atom. The van der Waals surface area contributed by atoms with Crippen LogP contribution in [0, 0.1) is 5.82 Å². The van der Waals surface area contributed by atoms with Crippen molar-refractivity contribution in [1.82, 2.24) is 0 Å². The lowest BCUT2D eigenvalue weighted by molar-refractivity contribution is -0.114. The molecule has 5 heteroatoms. The second-order valence-electron chi connectivity index (χ2n) is 4.64. The van der Waals surface area contributed by atoms with Crippen LogP contribution in [0.4, 0.5) is 10.1 Å². The van der Waals surface area contributed by atoms with E-state index in [1.807, 2.05) is 0 Å². The van der Waals surface area contributed by atoms with Crippen LogP contribution < -0.4 is 10.1 Å². The number of para-hydroxylation sites is 2. The van der Waals surface area contributed by atoms with E-state index >= 15 is 0 Å². The highest BCUT2D eigenvalue weighted by atomic mass is 19.1. The first-order valence-electron chi connectivity index (χ1n) is 6.49. The Morgan fingerprint density at radius 1 is 1.24 bits per heavy atom. The van der Waals surface area contributed by atoms with Gasteiger partial charge in [0, 0.05) is 12.5 Å². The number of nitrogens with one attached hydrogen (secondary N) is 1. The van der Waals surface area contributed by atoms with Gasteiger partial charge in [0.25, 0.3) is 0 Å². The summed E-state index contributed by atoms with van der Waals surface area (Å²) < 4.78 is 19.0. The van der Waals surface area contributed by atoms with Crippen molar-refractivity contribution >= 4 is 11.6 Å². The van der Waals surface area contributed by atoms with Crippen LogP contribution in [0.3, 0.4) is 0 Å². The molecule has 21 heavy (non-hydrogen) atoms. The molecule has 0 saturated carbocycles. The first-order valence-corrected chi connectivity index (χ1v) is 6.49. The van der Waals surface area contributed by atoms with Gasteiger partial charge in [0.15, 0.2) is 5.75 Å².